The third kappa shape index (κ3) is 5.25. The van der Waals surface area contributed by atoms with Gasteiger partial charge in [-0.3, -0.25) is 14.9 Å². The van der Waals surface area contributed by atoms with Crippen molar-refractivity contribution in [3.8, 4) is 11.5 Å². The van der Waals surface area contributed by atoms with Gasteiger partial charge in [-0.05, 0) is 30.0 Å². The average molecular weight is 501 g/mol. The van der Waals surface area contributed by atoms with E-state index in [4.69, 9.17) is 39.5 Å². The highest BCUT2D eigenvalue weighted by atomic mass is 35.5. The van der Waals surface area contributed by atoms with Gasteiger partial charge in [-0.25, -0.2) is 0 Å². The minimum absolute atomic E-state index is 0.0349. The van der Waals surface area contributed by atoms with Crippen molar-refractivity contribution in [2.45, 2.75) is 13.5 Å². The minimum atomic E-state index is -0.768. The Labute approximate surface area is 194 Å². The maximum Gasteiger partial charge on any atom is 0.408 e. The molecule has 0 atom stereocenters. The van der Waals surface area contributed by atoms with Gasteiger partial charge in [0.15, 0.2) is 5.02 Å². The van der Waals surface area contributed by atoms with Gasteiger partial charge in [-0.15, -0.1) is 0 Å². The molecule has 0 fully saturated rings. The predicted octanol–water partition coefficient (Wildman–Crippen LogP) is 5.40. The molecule has 0 radical (unpaired) electrons. The molecule has 11 nitrogen and oxygen atoms in total. The van der Waals surface area contributed by atoms with Crippen LogP contribution in [0.3, 0.4) is 0 Å². The molecular weight excluding hydrogens is 489 g/mol. The molecule has 1 heterocycles. The lowest BCUT2D eigenvalue weighted by Gasteiger charge is -2.10. The number of rotatable bonds is 7. The highest BCUT2D eigenvalue weighted by Gasteiger charge is 2.25. The standard InChI is InChI=1S/C18H12Cl3N5O6/c1-9-17(21)18(26(30)31)23-24(9)8-16(27)22-11-5-12(25(28)29)7-13(6-11)32-15-3-2-10(19)4-14(15)20/h2-7H,8H2,1H3,(H,22,27). The van der Waals surface area contributed by atoms with E-state index in [9.17, 15) is 25.0 Å². The van der Waals surface area contributed by atoms with Crippen molar-refractivity contribution < 1.29 is 19.4 Å². The van der Waals surface area contributed by atoms with Crippen LogP contribution in [0.15, 0.2) is 36.4 Å². The van der Waals surface area contributed by atoms with Crippen molar-refractivity contribution in [2.24, 2.45) is 0 Å². The quantitative estimate of drug-likeness (QED) is 0.338. The second-order valence-electron chi connectivity index (χ2n) is 6.34. The maximum absolute atomic E-state index is 12.4. The monoisotopic (exact) mass is 499 g/mol. The number of carbonyl (C=O) groups is 1. The maximum atomic E-state index is 12.4. The number of nitro groups is 2. The number of benzene rings is 2. The fourth-order valence-corrected chi connectivity index (χ4v) is 3.27. The predicted molar refractivity (Wildman–Crippen MR) is 117 cm³/mol. The fraction of sp³-hybridized carbons (Fsp3) is 0.111. The van der Waals surface area contributed by atoms with Crippen molar-refractivity contribution in [2.75, 3.05) is 5.32 Å². The molecule has 0 spiro atoms. The summed E-state index contributed by atoms with van der Waals surface area (Å²) >= 11 is 17.8. The number of carbonyl (C=O) groups excluding carboxylic acids is 1. The zero-order chi connectivity index (χ0) is 23.6. The van der Waals surface area contributed by atoms with Gasteiger partial charge in [-0.2, -0.15) is 4.68 Å². The largest absolute Gasteiger partial charge is 0.455 e. The number of aromatic nitrogens is 2. The normalized spacial score (nSPS) is 10.6. The molecule has 3 aromatic rings. The second kappa shape index (κ2) is 9.39. The third-order valence-corrected chi connectivity index (χ3v) is 5.06. The van der Waals surface area contributed by atoms with Crippen molar-refractivity contribution in [1.29, 1.82) is 0 Å². The van der Waals surface area contributed by atoms with Crippen molar-refractivity contribution in [1.82, 2.24) is 9.78 Å². The zero-order valence-corrected chi connectivity index (χ0v) is 18.3. The average Bonchev–Trinajstić information content (AvgIpc) is 2.98. The second-order valence-corrected chi connectivity index (χ2v) is 7.56. The Morgan fingerprint density at radius 1 is 1.12 bits per heavy atom. The molecule has 0 unspecified atom stereocenters. The van der Waals surface area contributed by atoms with Gasteiger partial charge in [0, 0.05) is 17.2 Å². The summed E-state index contributed by atoms with van der Waals surface area (Å²) in [4.78, 5) is 33.2. The molecule has 0 aliphatic rings. The summed E-state index contributed by atoms with van der Waals surface area (Å²) in [5.74, 6) is -1.00. The van der Waals surface area contributed by atoms with E-state index in [2.05, 4.69) is 10.4 Å². The minimum Gasteiger partial charge on any atom is -0.455 e. The number of amides is 1. The first-order valence-corrected chi connectivity index (χ1v) is 9.78. The topological polar surface area (TPSA) is 142 Å². The van der Waals surface area contributed by atoms with Gasteiger partial charge >= 0.3 is 5.82 Å². The number of non-ortho nitro benzene ring substituents is 1. The smallest absolute Gasteiger partial charge is 0.408 e. The number of anilines is 1. The molecule has 0 aliphatic heterocycles. The molecule has 166 valence electrons. The van der Waals surface area contributed by atoms with E-state index in [-0.39, 0.29) is 38.6 Å². The number of hydrogen-bond donors (Lipinski definition) is 1. The zero-order valence-electron chi connectivity index (χ0n) is 16.0. The summed E-state index contributed by atoms with van der Waals surface area (Å²) in [6.07, 6.45) is 0. The highest BCUT2D eigenvalue weighted by molar-refractivity contribution is 6.35. The van der Waals surface area contributed by atoms with Gasteiger partial charge in [0.25, 0.3) is 5.69 Å². The van der Waals surface area contributed by atoms with Gasteiger partial charge in [-0.1, -0.05) is 34.8 Å². The van der Waals surface area contributed by atoms with Crippen molar-refractivity contribution in [3.05, 3.63) is 77.4 Å². The molecule has 0 saturated heterocycles. The summed E-state index contributed by atoms with van der Waals surface area (Å²) in [5.41, 5.74) is -0.0829. The third-order valence-electron chi connectivity index (χ3n) is 4.09. The first kappa shape index (κ1) is 23.3. The van der Waals surface area contributed by atoms with E-state index in [1.54, 1.807) is 0 Å². The van der Waals surface area contributed by atoms with Crippen LogP contribution in [0.2, 0.25) is 15.1 Å². The summed E-state index contributed by atoms with van der Waals surface area (Å²) in [6.45, 7) is 1.05. The number of halogens is 3. The van der Waals surface area contributed by atoms with Gasteiger partial charge in [0.1, 0.15) is 18.0 Å². The Kier molecular flexibility index (Phi) is 6.82. The Bertz CT molecular complexity index is 1250. The van der Waals surface area contributed by atoms with E-state index in [1.165, 1.54) is 31.2 Å². The Hall–Kier alpha value is -3.41. The van der Waals surface area contributed by atoms with Crippen LogP contribution in [0, 0.1) is 27.2 Å². The molecule has 14 heteroatoms. The van der Waals surface area contributed by atoms with E-state index >= 15 is 0 Å². The molecule has 0 bridgehead atoms. The van der Waals surface area contributed by atoms with Crippen LogP contribution >= 0.6 is 34.8 Å². The van der Waals surface area contributed by atoms with Gasteiger partial charge in [0.2, 0.25) is 5.91 Å². The lowest BCUT2D eigenvalue weighted by molar-refractivity contribution is -0.389. The molecule has 2 aromatic carbocycles. The van der Waals surface area contributed by atoms with Crippen LogP contribution in [0.25, 0.3) is 0 Å². The molecule has 1 N–H and O–H groups in total. The molecule has 32 heavy (non-hydrogen) atoms. The lowest BCUT2D eigenvalue weighted by atomic mass is 10.2. The summed E-state index contributed by atoms with van der Waals surface area (Å²) in [6, 6.07) is 8.08. The summed E-state index contributed by atoms with van der Waals surface area (Å²) < 4.78 is 6.66. The van der Waals surface area contributed by atoms with E-state index < -0.39 is 28.1 Å². The molecular formula is C18H12Cl3N5O6. The number of hydrogen-bond acceptors (Lipinski definition) is 7. The first-order chi connectivity index (χ1) is 15.0. The summed E-state index contributed by atoms with van der Waals surface area (Å²) in [5, 5.41) is 28.8. The van der Waals surface area contributed by atoms with Crippen molar-refractivity contribution >= 4 is 57.9 Å². The molecule has 0 aliphatic carbocycles. The number of ether oxygens (including phenoxy) is 1. The Balaban J connectivity index is 1.84. The van der Waals surface area contributed by atoms with Crippen LogP contribution in [-0.4, -0.2) is 25.5 Å². The van der Waals surface area contributed by atoms with Crippen LogP contribution < -0.4 is 10.1 Å². The number of nitro benzene ring substituents is 1. The molecule has 0 saturated carbocycles. The molecule has 1 amide bonds. The van der Waals surface area contributed by atoms with Crippen LogP contribution in [-0.2, 0) is 11.3 Å². The molecule has 1 aromatic heterocycles. The SMILES string of the molecule is Cc1c(Cl)c([N+](=O)[O-])nn1CC(=O)Nc1cc(Oc2ccc(Cl)cc2Cl)cc([N+](=O)[O-])c1. The summed E-state index contributed by atoms with van der Waals surface area (Å²) in [7, 11) is 0. The van der Waals surface area contributed by atoms with E-state index in [0.29, 0.717) is 5.02 Å². The van der Waals surface area contributed by atoms with E-state index in [0.717, 1.165) is 16.8 Å². The number of nitrogens with zero attached hydrogens (tertiary/aromatic N) is 4. The van der Waals surface area contributed by atoms with Crippen molar-refractivity contribution in [3.63, 3.8) is 0 Å². The Morgan fingerprint density at radius 3 is 2.44 bits per heavy atom. The van der Waals surface area contributed by atoms with Gasteiger partial charge in [0.05, 0.1) is 32.5 Å². The van der Waals surface area contributed by atoms with Crippen LogP contribution in [0.5, 0.6) is 11.5 Å². The first-order valence-electron chi connectivity index (χ1n) is 8.64. The molecule has 3 rings (SSSR count). The Morgan fingerprint density at radius 2 is 1.84 bits per heavy atom. The van der Waals surface area contributed by atoms with Gasteiger partial charge < -0.3 is 20.2 Å². The van der Waals surface area contributed by atoms with E-state index in [1.807, 2.05) is 0 Å². The van der Waals surface area contributed by atoms with Crippen LogP contribution in [0.1, 0.15) is 5.69 Å². The van der Waals surface area contributed by atoms with Crippen LogP contribution in [0.4, 0.5) is 17.2 Å². The highest BCUT2D eigenvalue weighted by Crippen LogP contribution is 2.34. The number of nitrogens with one attached hydrogen (secondary N) is 1. The lowest BCUT2D eigenvalue weighted by Crippen LogP contribution is -2.20. The fourth-order valence-electron chi connectivity index (χ4n) is 2.62.